The number of halogens is 1. The molecule has 0 saturated carbocycles. The number of nitrogens with zero attached hydrogens (tertiary/aromatic N) is 4. The first-order valence-electron chi connectivity index (χ1n) is 6.18. The lowest BCUT2D eigenvalue weighted by molar-refractivity contribution is -0.385. The number of hydrogen-bond acceptors (Lipinski definition) is 5. The monoisotopic (exact) mass is 339 g/mol. The van der Waals surface area contributed by atoms with E-state index in [1.54, 1.807) is 18.3 Å². The van der Waals surface area contributed by atoms with Crippen LogP contribution < -0.4 is 5.32 Å². The van der Waals surface area contributed by atoms with Crippen LogP contribution in [0.1, 0.15) is 19.0 Å². The van der Waals surface area contributed by atoms with Gasteiger partial charge in [0, 0.05) is 12.6 Å². The van der Waals surface area contributed by atoms with Crippen LogP contribution in [0.2, 0.25) is 0 Å². The number of nitro benzene ring substituents is 1. The SMILES string of the molecule is CCCNCc1cn(-c2ccc(Br)c([N+](=O)[O-])c2)nn1. The highest BCUT2D eigenvalue weighted by molar-refractivity contribution is 9.10. The lowest BCUT2D eigenvalue weighted by atomic mass is 10.3. The van der Waals surface area contributed by atoms with Crippen LogP contribution in [0.3, 0.4) is 0 Å². The van der Waals surface area contributed by atoms with Crippen molar-refractivity contribution in [3.8, 4) is 5.69 Å². The average Bonchev–Trinajstić information content (AvgIpc) is 2.88. The quantitative estimate of drug-likeness (QED) is 0.496. The molecule has 0 bridgehead atoms. The zero-order valence-electron chi connectivity index (χ0n) is 10.9. The molecule has 0 saturated heterocycles. The Balaban J connectivity index is 2.19. The molecule has 7 nitrogen and oxygen atoms in total. The van der Waals surface area contributed by atoms with Gasteiger partial charge >= 0.3 is 0 Å². The fourth-order valence-electron chi connectivity index (χ4n) is 1.68. The van der Waals surface area contributed by atoms with E-state index in [2.05, 4.69) is 38.5 Å². The van der Waals surface area contributed by atoms with Gasteiger partial charge in [-0.05, 0) is 41.0 Å². The van der Waals surface area contributed by atoms with Gasteiger partial charge in [0.2, 0.25) is 0 Å². The highest BCUT2D eigenvalue weighted by Crippen LogP contribution is 2.26. The second-order valence-electron chi connectivity index (χ2n) is 4.22. The van der Waals surface area contributed by atoms with Crippen LogP contribution in [-0.4, -0.2) is 26.5 Å². The first-order valence-corrected chi connectivity index (χ1v) is 6.97. The summed E-state index contributed by atoms with van der Waals surface area (Å²) in [6.07, 6.45) is 2.81. The third-order valence-electron chi connectivity index (χ3n) is 2.66. The van der Waals surface area contributed by atoms with E-state index >= 15 is 0 Å². The summed E-state index contributed by atoms with van der Waals surface area (Å²) in [5.74, 6) is 0. The van der Waals surface area contributed by atoms with Crippen molar-refractivity contribution in [1.29, 1.82) is 0 Å². The lowest BCUT2D eigenvalue weighted by Crippen LogP contribution is -2.13. The van der Waals surface area contributed by atoms with Gasteiger partial charge in [-0.3, -0.25) is 10.1 Å². The van der Waals surface area contributed by atoms with Crippen molar-refractivity contribution in [2.45, 2.75) is 19.9 Å². The molecule has 0 unspecified atom stereocenters. The van der Waals surface area contributed by atoms with Crippen LogP contribution in [0.4, 0.5) is 5.69 Å². The molecule has 1 heterocycles. The Morgan fingerprint density at radius 2 is 2.30 bits per heavy atom. The molecular weight excluding hydrogens is 326 g/mol. The van der Waals surface area contributed by atoms with E-state index in [-0.39, 0.29) is 5.69 Å². The van der Waals surface area contributed by atoms with Crippen LogP contribution in [-0.2, 0) is 6.54 Å². The molecule has 0 radical (unpaired) electrons. The maximum atomic E-state index is 10.9. The van der Waals surface area contributed by atoms with E-state index in [1.165, 1.54) is 10.7 Å². The summed E-state index contributed by atoms with van der Waals surface area (Å²) >= 11 is 3.15. The van der Waals surface area contributed by atoms with Crippen molar-refractivity contribution in [2.75, 3.05) is 6.54 Å². The highest BCUT2D eigenvalue weighted by atomic mass is 79.9. The fraction of sp³-hybridized carbons (Fsp3) is 0.333. The van der Waals surface area contributed by atoms with Gasteiger partial charge in [0.05, 0.1) is 27.0 Å². The molecule has 1 aromatic carbocycles. The number of benzene rings is 1. The van der Waals surface area contributed by atoms with Crippen LogP contribution >= 0.6 is 15.9 Å². The number of aromatic nitrogens is 3. The van der Waals surface area contributed by atoms with Crippen LogP contribution in [0.15, 0.2) is 28.9 Å². The predicted octanol–water partition coefficient (Wildman–Crippen LogP) is 2.44. The largest absolute Gasteiger partial charge is 0.311 e. The van der Waals surface area contributed by atoms with E-state index in [1.807, 2.05) is 0 Å². The van der Waals surface area contributed by atoms with Gasteiger partial charge in [-0.15, -0.1) is 5.10 Å². The molecule has 1 aromatic heterocycles. The number of nitrogens with one attached hydrogen (secondary N) is 1. The molecular formula is C12H14BrN5O2. The van der Waals surface area contributed by atoms with Gasteiger partial charge < -0.3 is 5.32 Å². The molecule has 2 aromatic rings. The van der Waals surface area contributed by atoms with Crippen molar-refractivity contribution in [2.24, 2.45) is 0 Å². The lowest BCUT2D eigenvalue weighted by Gasteiger charge is -2.01. The fourth-order valence-corrected chi connectivity index (χ4v) is 2.07. The summed E-state index contributed by atoms with van der Waals surface area (Å²) in [7, 11) is 0. The highest BCUT2D eigenvalue weighted by Gasteiger charge is 2.13. The summed E-state index contributed by atoms with van der Waals surface area (Å²) in [6.45, 7) is 3.63. The average molecular weight is 340 g/mol. The van der Waals surface area contributed by atoms with E-state index < -0.39 is 4.92 Å². The van der Waals surface area contributed by atoms with Gasteiger partial charge in [-0.25, -0.2) is 4.68 Å². The van der Waals surface area contributed by atoms with E-state index in [4.69, 9.17) is 0 Å². The Morgan fingerprint density at radius 3 is 3.00 bits per heavy atom. The van der Waals surface area contributed by atoms with Crippen molar-refractivity contribution in [3.63, 3.8) is 0 Å². The summed E-state index contributed by atoms with van der Waals surface area (Å²) in [4.78, 5) is 10.5. The number of rotatable bonds is 6. The molecule has 1 N–H and O–H groups in total. The topological polar surface area (TPSA) is 85.9 Å². The van der Waals surface area contributed by atoms with Gasteiger partial charge in [0.25, 0.3) is 5.69 Å². The Hall–Kier alpha value is -1.80. The Kier molecular flexibility index (Phi) is 4.80. The van der Waals surface area contributed by atoms with Gasteiger partial charge in [0.1, 0.15) is 0 Å². The van der Waals surface area contributed by atoms with Crippen LogP contribution in [0, 0.1) is 10.1 Å². The predicted molar refractivity (Wildman–Crippen MR) is 77.7 cm³/mol. The Bertz CT molecular complexity index is 614. The second kappa shape index (κ2) is 6.58. The van der Waals surface area contributed by atoms with Gasteiger partial charge in [-0.2, -0.15) is 0 Å². The minimum absolute atomic E-state index is 0.00339. The Labute approximate surface area is 124 Å². The minimum atomic E-state index is -0.436. The molecule has 20 heavy (non-hydrogen) atoms. The maximum absolute atomic E-state index is 10.9. The molecule has 8 heteroatoms. The molecule has 0 fully saturated rings. The second-order valence-corrected chi connectivity index (χ2v) is 5.08. The Morgan fingerprint density at radius 1 is 1.50 bits per heavy atom. The molecule has 2 rings (SSSR count). The van der Waals surface area contributed by atoms with Gasteiger partial charge in [0.15, 0.2) is 0 Å². The van der Waals surface area contributed by atoms with Crippen molar-refractivity contribution < 1.29 is 4.92 Å². The molecule has 0 spiro atoms. The molecule has 0 aliphatic heterocycles. The summed E-state index contributed by atoms with van der Waals surface area (Å²) in [6, 6.07) is 4.83. The van der Waals surface area contributed by atoms with Crippen LogP contribution in [0.5, 0.6) is 0 Å². The third kappa shape index (κ3) is 3.40. The van der Waals surface area contributed by atoms with Crippen LogP contribution in [0.25, 0.3) is 5.69 Å². The smallest absolute Gasteiger partial charge is 0.285 e. The molecule has 0 aliphatic carbocycles. The minimum Gasteiger partial charge on any atom is -0.311 e. The summed E-state index contributed by atoms with van der Waals surface area (Å²) in [5.41, 5.74) is 1.40. The number of nitro groups is 1. The molecule has 0 amide bonds. The summed E-state index contributed by atoms with van der Waals surface area (Å²) < 4.78 is 1.97. The molecule has 0 atom stereocenters. The maximum Gasteiger partial charge on any atom is 0.285 e. The van der Waals surface area contributed by atoms with E-state index in [0.717, 1.165) is 18.7 Å². The van der Waals surface area contributed by atoms with Crippen molar-refractivity contribution >= 4 is 21.6 Å². The zero-order valence-corrected chi connectivity index (χ0v) is 12.5. The summed E-state index contributed by atoms with van der Waals surface area (Å²) in [5, 5.41) is 22.1. The van der Waals surface area contributed by atoms with E-state index in [9.17, 15) is 10.1 Å². The third-order valence-corrected chi connectivity index (χ3v) is 3.34. The zero-order chi connectivity index (χ0) is 14.5. The standard InChI is InChI=1S/C12H14BrN5O2/c1-2-5-14-7-9-8-17(16-15-9)10-3-4-11(13)12(6-10)18(19)20/h3-4,6,8,14H,2,5,7H2,1H3. The van der Waals surface area contributed by atoms with E-state index in [0.29, 0.717) is 16.7 Å². The number of hydrogen-bond donors (Lipinski definition) is 1. The first kappa shape index (κ1) is 14.6. The molecule has 106 valence electrons. The van der Waals surface area contributed by atoms with Crippen molar-refractivity contribution in [3.05, 3.63) is 44.7 Å². The first-order chi connectivity index (χ1) is 9.61. The molecule has 0 aliphatic rings. The van der Waals surface area contributed by atoms with Crippen molar-refractivity contribution in [1.82, 2.24) is 20.3 Å². The van der Waals surface area contributed by atoms with Gasteiger partial charge in [-0.1, -0.05) is 12.1 Å². The normalized spacial score (nSPS) is 10.7.